The fourth-order valence-electron chi connectivity index (χ4n) is 1.78. The van der Waals surface area contributed by atoms with E-state index in [0.717, 1.165) is 19.3 Å². The van der Waals surface area contributed by atoms with Gasteiger partial charge in [0.1, 0.15) is 0 Å². The molecule has 5 heteroatoms. The van der Waals surface area contributed by atoms with Crippen LogP contribution < -0.4 is 4.72 Å². The molecule has 1 aliphatic heterocycles. The number of rotatable bonds is 4. The number of piperidine rings is 1. The highest BCUT2D eigenvalue weighted by molar-refractivity contribution is 7.87. The first-order chi connectivity index (χ1) is 6.93. The number of hydrogen-bond acceptors (Lipinski definition) is 2. The lowest BCUT2D eigenvalue weighted by atomic mass is 10.1. The molecule has 0 amide bonds. The standard InChI is InChI=1S/C10H22N2O2S/c1-9(2)8-11-15(13,14)12-7-5-4-6-10(12)3/h9-11H,4-8H2,1-3H3/t10-/m1/s1. The fraction of sp³-hybridized carbons (Fsp3) is 1.00. The Hall–Kier alpha value is -0.130. The summed E-state index contributed by atoms with van der Waals surface area (Å²) in [6.07, 6.45) is 3.09. The minimum absolute atomic E-state index is 0.142. The molecule has 0 spiro atoms. The van der Waals surface area contributed by atoms with Gasteiger partial charge in [0, 0.05) is 19.1 Å². The molecule has 1 saturated heterocycles. The van der Waals surface area contributed by atoms with Crippen molar-refractivity contribution in [2.45, 2.75) is 46.1 Å². The number of nitrogens with zero attached hydrogens (tertiary/aromatic N) is 1. The highest BCUT2D eigenvalue weighted by Crippen LogP contribution is 2.18. The summed E-state index contributed by atoms with van der Waals surface area (Å²) in [5.74, 6) is 0.347. The lowest BCUT2D eigenvalue weighted by Gasteiger charge is -2.32. The molecule has 15 heavy (non-hydrogen) atoms. The van der Waals surface area contributed by atoms with Gasteiger partial charge in [-0.05, 0) is 25.7 Å². The van der Waals surface area contributed by atoms with Crippen LogP contribution in [0.1, 0.15) is 40.0 Å². The van der Waals surface area contributed by atoms with Crippen LogP contribution in [0.3, 0.4) is 0 Å². The maximum atomic E-state index is 11.9. The molecule has 1 aliphatic rings. The third-order valence-electron chi connectivity index (χ3n) is 2.72. The predicted molar refractivity (Wildman–Crippen MR) is 61.8 cm³/mol. The summed E-state index contributed by atoms with van der Waals surface area (Å²) in [6, 6.07) is 0.142. The monoisotopic (exact) mass is 234 g/mol. The first-order valence-corrected chi connectivity index (χ1v) is 7.14. The van der Waals surface area contributed by atoms with Crippen molar-refractivity contribution in [2.75, 3.05) is 13.1 Å². The minimum Gasteiger partial charge on any atom is -0.202 e. The Kier molecular flexibility index (Phi) is 4.55. The normalized spacial score (nSPS) is 24.7. The Morgan fingerprint density at radius 3 is 2.60 bits per heavy atom. The molecule has 0 saturated carbocycles. The summed E-state index contributed by atoms with van der Waals surface area (Å²) in [5, 5.41) is 0. The van der Waals surface area contributed by atoms with Gasteiger partial charge in [-0.1, -0.05) is 20.3 Å². The zero-order valence-electron chi connectivity index (χ0n) is 9.86. The van der Waals surface area contributed by atoms with Crippen LogP contribution in [0.15, 0.2) is 0 Å². The summed E-state index contributed by atoms with van der Waals surface area (Å²) in [4.78, 5) is 0. The van der Waals surface area contributed by atoms with E-state index in [-0.39, 0.29) is 6.04 Å². The molecule has 0 aromatic rings. The molecule has 90 valence electrons. The average molecular weight is 234 g/mol. The van der Waals surface area contributed by atoms with Crippen LogP contribution in [-0.2, 0) is 10.2 Å². The van der Waals surface area contributed by atoms with Crippen LogP contribution >= 0.6 is 0 Å². The van der Waals surface area contributed by atoms with Crippen LogP contribution in [0.5, 0.6) is 0 Å². The molecule has 1 atom stereocenters. The second kappa shape index (κ2) is 5.27. The van der Waals surface area contributed by atoms with Crippen molar-refractivity contribution in [1.82, 2.24) is 9.03 Å². The van der Waals surface area contributed by atoms with Gasteiger partial charge in [-0.25, -0.2) is 4.72 Å². The van der Waals surface area contributed by atoms with Crippen molar-refractivity contribution in [1.29, 1.82) is 0 Å². The van der Waals surface area contributed by atoms with Gasteiger partial charge in [0.2, 0.25) is 0 Å². The third-order valence-corrected chi connectivity index (χ3v) is 4.42. The van der Waals surface area contributed by atoms with Crippen molar-refractivity contribution < 1.29 is 8.42 Å². The Bertz CT molecular complexity index is 288. The zero-order valence-corrected chi connectivity index (χ0v) is 10.7. The Balaban J connectivity index is 2.59. The van der Waals surface area contributed by atoms with E-state index < -0.39 is 10.2 Å². The van der Waals surface area contributed by atoms with E-state index >= 15 is 0 Å². The Morgan fingerprint density at radius 2 is 2.07 bits per heavy atom. The molecule has 0 aliphatic carbocycles. The van der Waals surface area contributed by atoms with Crippen molar-refractivity contribution in [2.24, 2.45) is 5.92 Å². The van der Waals surface area contributed by atoms with Gasteiger partial charge in [-0.15, -0.1) is 0 Å². The van der Waals surface area contributed by atoms with Crippen molar-refractivity contribution >= 4 is 10.2 Å². The summed E-state index contributed by atoms with van der Waals surface area (Å²) >= 11 is 0. The van der Waals surface area contributed by atoms with E-state index in [4.69, 9.17) is 0 Å². The Labute approximate surface area is 93.2 Å². The van der Waals surface area contributed by atoms with Crippen LogP contribution in [0.25, 0.3) is 0 Å². The second-order valence-electron chi connectivity index (χ2n) is 4.70. The molecule has 1 N–H and O–H groups in total. The van der Waals surface area contributed by atoms with Crippen molar-refractivity contribution in [3.05, 3.63) is 0 Å². The molecular formula is C10H22N2O2S. The lowest BCUT2D eigenvalue weighted by Crippen LogP contribution is -2.48. The molecule has 0 radical (unpaired) electrons. The molecule has 0 aromatic carbocycles. The molecule has 1 fully saturated rings. The van der Waals surface area contributed by atoms with Gasteiger partial charge in [-0.3, -0.25) is 0 Å². The maximum Gasteiger partial charge on any atom is 0.279 e. The largest absolute Gasteiger partial charge is 0.279 e. The van der Waals surface area contributed by atoms with Gasteiger partial charge < -0.3 is 0 Å². The van der Waals surface area contributed by atoms with Crippen LogP contribution in [-0.4, -0.2) is 31.9 Å². The molecule has 0 unspecified atom stereocenters. The van der Waals surface area contributed by atoms with E-state index in [1.54, 1.807) is 4.31 Å². The molecule has 0 aromatic heterocycles. The summed E-state index contributed by atoms with van der Waals surface area (Å²) in [6.45, 7) is 7.16. The van der Waals surface area contributed by atoms with Gasteiger partial charge in [0.25, 0.3) is 10.2 Å². The number of nitrogens with one attached hydrogen (secondary N) is 1. The highest BCUT2D eigenvalue weighted by Gasteiger charge is 2.28. The van der Waals surface area contributed by atoms with Crippen LogP contribution in [0.4, 0.5) is 0 Å². The molecule has 0 bridgehead atoms. The van der Waals surface area contributed by atoms with Crippen LogP contribution in [0, 0.1) is 5.92 Å². The fourth-order valence-corrected chi connectivity index (χ4v) is 3.44. The summed E-state index contributed by atoms with van der Waals surface area (Å²) in [7, 11) is -3.24. The first-order valence-electron chi connectivity index (χ1n) is 5.70. The quantitative estimate of drug-likeness (QED) is 0.798. The van der Waals surface area contributed by atoms with E-state index in [2.05, 4.69) is 4.72 Å². The topological polar surface area (TPSA) is 49.4 Å². The maximum absolute atomic E-state index is 11.9. The van der Waals surface area contributed by atoms with Crippen molar-refractivity contribution in [3.8, 4) is 0 Å². The minimum atomic E-state index is -3.24. The average Bonchev–Trinajstić information content (AvgIpc) is 2.15. The van der Waals surface area contributed by atoms with Crippen LogP contribution in [0.2, 0.25) is 0 Å². The second-order valence-corrected chi connectivity index (χ2v) is 6.41. The molecular weight excluding hydrogens is 212 g/mol. The van der Waals surface area contributed by atoms with Gasteiger partial charge in [0.05, 0.1) is 0 Å². The van der Waals surface area contributed by atoms with E-state index in [1.807, 2.05) is 20.8 Å². The smallest absolute Gasteiger partial charge is 0.202 e. The van der Waals surface area contributed by atoms with E-state index in [9.17, 15) is 8.42 Å². The van der Waals surface area contributed by atoms with Gasteiger partial charge in [-0.2, -0.15) is 12.7 Å². The molecule has 4 nitrogen and oxygen atoms in total. The third kappa shape index (κ3) is 3.74. The SMILES string of the molecule is CC(C)CNS(=O)(=O)N1CCCC[C@H]1C. The number of hydrogen-bond donors (Lipinski definition) is 1. The molecule has 1 heterocycles. The first kappa shape index (κ1) is 12.9. The van der Waals surface area contributed by atoms with Gasteiger partial charge in [0.15, 0.2) is 0 Å². The predicted octanol–water partition coefficient (Wildman–Crippen LogP) is 1.35. The summed E-state index contributed by atoms with van der Waals surface area (Å²) < 4.78 is 28.1. The zero-order chi connectivity index (χ0) is 11.5. The summed E-state index contributed by atoms with van der Waals surface area (Å²) in [5.41, 5.74) is 0. The van der Waals surface area contributed by atoms with E-state index in [1.165, 1.54) is 0 Å². The molecule has 1 rings (SSSR count). The Morgan fingerprint density at radius 1 is 1.40 bits per heavy atom. The lowest BCUT2D eigenvalue weighted by molar-refractivity contribution is 0.265. The van der Waals surface area contributed by atoms with E-state index in [0.29, 0.717) is 19.0 Å². The highest BCUT2D eigenvalue weighted by atomic mass is 32.2. The van der Waals surface area contributed by atoms with Crippen molar-refractivity contribution in [3.63, 3.8) is 0 Å². The van der Waals surface area contributed by atoms with Gasteiger partial charge >= 0.3 is 0 Å².